The Balaban J connectivity index is 0. The molecule has 0 spiro atoms. The first-order valence-electron chi connectivity index (χ1n) is 8.01. The van der Waals surface area contributed by atoms with Crippen molar-refractivity contribution in [3.05, 3.63) is 156 Å². The van der Waals surface area contributed by atoms with Crippen LogP contribution in [0.2, 0.25) is 0 Å². The fraction of sp³-hybridized carbons (Fsp3) is 0. The van der Waals surface area contributed by atoms with Crippen molar-refractivity contribution in [3.63, 3.8) is 0 Å². The van der Waals surface area contributed by atoms with Crippen LogP contribution in [0.3, 0.4) is 0 Å². The molecule has 0 aliphatic heterocycles. The molecule has 4 aromatic carbocycles. The quantitative estimate of drug-likeness (QED) is 0.148. The molecule has 0 aliphatic carbocycles. The van der Waals surface area contributed by atoms with Crippen LogP contribution in [0.5, 0.6) is 0 Å². The number of benzene rings is 4. The molecule has 0 heterocycles. The molecule has 0 amide bonds. The van der Waals surface area contributed by atoms with E-state index < -0.39 is 0 Å². The summed E-state index contributed by atoms with van der Waals surface area (Å²) in [6, 6.07) is 50.0. The van der Waals surface area contributed by atoms with Gasteiger partial charge in [-0.3, -0.25) is 0 Å². The van der Waals surface area contributed by atoms with Gasteiger partial charge in [-0.05, 0) is 0 Å². The summed E-state index contributed by atoms with van der Waals surface area (Å²) in [6.07, 6.45) is 0. The van der Waals surface area contributed by atoms with Crippen LogP contribution < -0.4 is 0 Å². The van der Waals surface area contributed by atoms with Crippen molar-refractivity contribution < 1.29 is 17.1 Å². The second-order valence-corrected chi connectivity index (χ2v) is 4.38. The molecule has 0 N–H and O–H groups in total. The fourth-order valence-corrected chi connectivity index (χ4v) is 1.37. The predicted molar refractivity (Wildman–Crippen MR) is 110 cm³/mol. The Morgan fingerprint density at radius 3 is 0.607 bits per heavy atom. The first-order valence-corrected chi connectivity index (χ1v) is 8.01. The molecule has 4 heteroatoms. The molecule has 0 aliphatic rings. The average molecular weight is 418 g/mol. The molecule has 0 saturated heterocycles. The summed E-state index contributed by atoms with van der Waals surface area (Å²) in [5.41, 5.74) is 0. The molecule has 0 saturated carbocycles. The maximum Gasteiger partial charge on any atom is 0 e. The zero-order valence-corrected chi connectivity index (χ0v) is 16.1. The maximum atomic E-state index is 8.00. The Labute approximate surface area is 178 Å². The summed E-state index contributed by atoms with van der Waals surface area (Å²) in [6.45, 7) is 0. The van der Waals surface area contributed by atoms with Crippen LogP contribution in [0.4, 0.5) is 0 Å². The third-order valence-corrected chi connectivity index (χ3v) is 2.43. The Kier molecular flexibility index (Phi) is 25.1. The molecule has 0 fully saturated rings. The molecule has 149 valence electrons. The van der Waals surface area contributed by atoms with Gasteiger partial charge in [0.2, 0.25) is 0 Å². The second-order valence-electron chi connectivity index (χ2n) is 4.38. The van der Waals surface area contributed by atoms with Gasteiger partial charge in [0.05, 0.1) is 0 Å². The molecular formula is C24H20CuNO2-5. The van der Waals surface area contributed by atoms with E-state index in [9.17, 15) is 0 Å². The van der Waals surface area contributed by atoms with E-state index in [1.165, 1.54) is 0 Å². The van der Waals surface area contributed by atoms with Crippen molar-refractivity contribution in [1.82, 2.24) is 0 Å². The number of nitrogens with zero attached hydrogens (tertiary/aromatic N) is 1. The zero-order chi connectivity index (χ0) is 19.7. The standard InChI is InChI=1S/4C6H5.Cu.HNO2/c4*1-2-4-6-5-3-1;;2-1-3/h4*1-5H;;(H,2,3)/q4*-1;;/p-1. The van der Waals surface area contributed by atoms with Crippen LogP contribution in [0.25, 0.3) is 0 Å². The van der Waals surface area contributed by atoms with E-state index in [0.29, 0.717) is 0 Å². The molecule has 3 nitrogen and oxygen atoms in total. The first-order chi connectivity index (χ1) is 13.4. The number of hydrogen-bond donors (Lipinski definition) is 0. The smallest absolute Gasteiger partial charge is 0 e. The van der Waals surface area contributed by atoms with Crippen LogP contribution in [-0.2, 0) is 17.1 Å². The van der Waals surface area contributed by atoms with Gasteiger partial charge in [-0.2, -0.15) is 146 Å². The Morgan fingerprint density at radius 1 is 0.429 bits per heavy atom. The Hall–Kier alpha value is -3.20. The van der Waals surface area contributed by atoms with Crippen LogP contribution >= 0.6 is 0 Å². The second kappa shape index (κ2) is 26.0. The van der Waals surface area contributed by atoms with E-state index in [-0.39, 0.29) is 17.1 Å². The van der Waals surface area contributed by atoms with Gasteiger partial charge in [0, 0.05) is 17.1 Å². The van der Waals surface area contributed by atoms with Crippen molar-refractivity contribution in [2.45, 2.75) is 0 Å². The van der Waals surface area contributed by atoms with Crippen molar-refractivity contribution in [2.75, 3.05) is 0 Å². The third kappa shape index (κ3) is 25.0. The molecule has 4 rings (SSSR count). The maximum absolute atomic E-state index is 8.00. The third-order valence-electron chi connectivity index (χ3n) is 2.43. The largest absolute Gasteiger partial charge is 0.444 e. The minimum absolute atomic E-state index is 0. The predicted octanol–water partition coefficient (Wildman–Crippen LogP) is 6.20. The summed E-state index contributed by atoms with van der Waals surface area (Å²) in [7, 11) is 0. The molecule has 0 bridgehead atoms. The fourth-order valence-electron chi connectivity index (χ4n) is 1.37. The minimum Gasteiger partial charge on any atom is -0.444 e. The van der Waals surface area contributed by atoms with Gasteiger partial charge in [-0.15, -0.1) is 5.34 Å². The van der Waals surface area contributed by atoms with Gasteiger partial charge in [0.1, 0.15) is 0 Å². The normalized spacial score (nSPS) is 7.29. The minimum atomic E-state index is 0. The van der Waals surface area contributed by atoms with Crippen LogP contribution in [-0.4, -0.2) is 0 Å². The molecule has 0 unspecified atom stereocenters. The van der Waals surface area contributed by atoms with E-state index in [1.807, 2.05) is 121 Å². The SMILES string of the molecule is O=N[O-].[Cu].[c-]1ccccc1.[c-]1ccccc1.[c-]1ccccc1.[c-]1ccccc1. The molecular weight excluding hydrogens is 398 g/mol. The van der Waals surface area contributed by atoms with Crippen molar-refractivity contribution in [2.24, 2.45) is 5.34 Å². The van der Waals surface area contributed by atoms with Gasteiger partial charge >= 0.3 is 0 Å². The van der Waals surface area contributed by atoms with E-state index in [4.69, 9.17) is 10.1 Å². The van der Waals surface area contributed by atoms with E-state index in [2.05, 4.69) is 24.3 Å². The molecule has 0 aromatic heterocycles. The van der Waals surface area contributed by atoms with E-state index in [0.717, 1.165) is 5.34 Å². The average Bonchev–Trinajstić information content (AvgIpc) is 2.80. The van der Waals surface area contributed by atoms with Gasteiger partial charge in [-0.25, -0.2) is 0 Å². The molecule has 1 radical (unpaired) electrons. The Bertz CT molecular complexity index is 479. The Morgan fingerprint density at radius 2 is 0.571 bits per heavy atom. The van der Waals surface area contributed by atoms with E-state index >= 15 is 0 Å². The molecule has 0 atom stereocenters. The van der Waals surface area contributed by atoms with Crippen LogP contribution in [0.1, 0.15) is 0 Å². The first kappa shape index (κ1) is 27.0. The number of hydrogen-bond acceptors (Lipinski definition) is 3. The van der Waals surface area contributed by atoms with Crippen LogP contribution in [0.15, 0.2) is 127 Å². The summed E-state index contributed by atoms with van der Waals surface area (Å²) in [4.78, 5) is 8.00. The van der Waals surface area contributed by atoms with Crippen molar-refractivity contribution in [1.29, 1.82) is 0 Å². The van der Waals surface area contributed by atoms with Gasteiger partial charge < -0.3 is 10.1 Å². The van der Waals surface area contributed by atoms with Crippen molar-refractivity contribution in [3.8, 4) is 0 Å². The van der Waals surface area contributed by atoms with Gasteiger partial charge in [0.25, 0.3) is 0 Å². The number of rotatable bonds is 0. The van der Waals surface area contributed by atoms with Gasteiger partial charge in [0.15, 0.2) is 0 Å². The summed E-state index contributed by atoms with van der Waals surface area (Å²) < 4.78 is 0. The molecule has 4 aromatic rings. The molecule has 28 heavy (non-hydrogen) atoms. The topological polar surface area (TPSA) is 52.5 Å². The zero-order valence-electron chi connectivity index (χ0n) is 15.1. The summed E-state index contributed by atoms with van der Waals surface area (Å²) in [5.74, 6) is 0. The van der Waals surface area contributed by atoms with Crippen molar-refractivity contribution >= 4 is 0 Å². The van der Waals surface area contributed by atoms with Gasteiger partial charge in [-0.1, -0.05) is 0 Å². The van der Waals surface area contributed by atoms with E-state index in [1.54, 1.807) is 0 Å². The summed E-state index contributed by atoms with van der Waals surface area (Å²) >= 11 is 0. The van der Waals surface area contributed by atoms with Crippen LogP contribution in [0, 0.1) is 34.4 Å². The summed E-state index contributed by atoms with van der Waals surface area (Å²) in [5, 5.41) is 9.00. The monoisotopic (exact) mass is 417 g/mol.